The number of halogens is 1. The van der Waals surface area contributed by atoms with Crippen LogP contribution in [0.4, 0.5) is 5.69 Å². The number of nitro benzene ring substituents is 1. The molecule has 0 aliphatic heterocycles. The molecule has 6 heteroatoms. The summed E-state index contributed by atoms with van der Waals surface area (Å²) in [7, 11) is 0. The minimum Gasteiger partial charge on any atom is -0.457 e. The summed E-state index contributed by atoms with van der Waals surface area (Å²) < 4.78 is 6.02. The van der Waals surface area contributed by atoms with Crippen molar-refractivity contribution in [1.29, 1.82) is 0 Å². The van der Waals surface area contributed by atoms with Crippen LogP contribution in [-0.2, 0) is 0 Å². The second kappa shape index (κ2) is 7.05. The first-order valence-corrected chi connectivity index (χ1v) is 8.56. The molecule has 0 spiro atoms. The Morgan fingerprint density at radius 2 is 1.63 bits per heavy atom. The van der Waals surface area contributed by atoms with E-state index in [1.165, 1.54) is 12.1 Å². The summed E-state index contributed by atoms with van der Waals surface area (Å²) in [4.78, 5) is 15.1. The molecular formula is C21H13ClN2O3. The Bertz CT molecular complexity index is 1130. The lowest BCUT2D eigenvalue weighted by atomic mass is 10.1. The van der Waals surface area contributed by atoms with E-state index in [0.717, 1.165) is 22.2 Å². The van der Waals surface area contributed by atoms with Gasteiger partial charge >= 0.3 is 0 Å². The Hall–Kier alpha value is -3.44. The maximum Gasteiger partial charge on any atom is 0.269 e. The molecule has 0 fully saturated rings. The molecule has 0 aliphatic carbocycles. The number of hydrogen-bond acceptors (Lipinski definition) is 4. The van der Waals surface area contributed by atoms with Crippen LogP contribution in [0.1, 0.15) is 0 Å². The lowest BCUT2D eigenvalue weighted by molar-refractivity contribution is -0.384. The minimum atomic E-state index is -0.440. The summed E-state index contributed by atoms with van der Waals surface area (Å²) in [6, 6.07) is 22.9. The highest BCUT2D eigenvalue weighted by molar-refractivity contribution is 6.30. The lowest BCUT2D eigenvalue weighted by Gasteiger charge is -2.11. The van der Waals surface area contributed by atoms with Gasteiger partial charge in [-0.15, -0.1) is 0 Å². The molecule has 4 rings (SSSR count). The molecule has 0 saturated carbocycles. The molecule has 27 heavy (non-hydrogen) atoms. The van der Waals surface area contributed by atoms with Crippen LogP contribution in [0.25, 0.3) is 22.2 Å². The second-order valence-corrected chi connectivity index (χ2v) is 6.32. The van der Waals surface area contributed by atoms with E-state index in [2.05, 4.69) is 0 Å². The van der Waals surface area contributed by atoms with Crippen molar-refractivity contribution >= 4 is 28.2 Å². The molecule has 1 aromatic heterocycles. The first kappa shape index (κ1) is 17.0. The highest BCUT2D eigenvalue weighted by Crippen LogP contribution is 2.34. The van der Waals surface area contributed by atoms with E-state index in [-0.39, 0.29) is 5.69 Å². The SMILES string of the molecule is O=[N+]([O-])c1ccc(Oc2cc(-c3ccc(Cl)cc3)nc3ccccc23)cc1. The van der Waals surface area contributed by atoms with Crippen molar-refractivity contribution in [2.75, 3.05) is 0 Å². The summed E-state index contributed by atoms with van der Waals surface area (Å²) in [5.41, 5.74) is 2.48. The molecule has 0 saturated heterocycles. The zero-order valence-corrected chi connectivity index (χ0v) is 14.8. The summed E-state index contributed by atoms with van der Waals surface area (Å²) in [6.45, 7) is 0. The first-order valence-electron chi connectivity index (χ1n) is 8.18. The Morgan fingerprint density at radius 3 is 2.33 bits per heavy atom. The third-order valence-corrected chi connectivity index (χ3v) is 4.35. The van der Waals surface area contributed by atoms with Crippen LogP contribution >= 0.6 is 11.6 Å². The zero-order chi connectivity index (χ0) is 18.8. The van der Waals surface area contributed by atoms with Gasteiger partial charge in [0, 0.05) is 34.2 Å². The number of nitro groups is 1. The number of non-ortho nitro benzene ring substituents is 1. The van der Waals surface area contributed by atoms with E-state index in [1.807, 2.05) is 54.6 Å². The van der Waals surface area contributed by atoms with Gasteiger partial charge in [0.2, 0.25) is 0 Å². The van der Waals surface area contributed by atoms with Gasteiger partial charge in [0.1, 0.15) is 11.5 Å². The van der Waals surface area contributed by atoms with Crippen molar-refractivity contribution in [3.05, 3.63) is 94.0 Å². The Labute approximate surface area is 160 Å². The summed E-state index contributed by atoms with van der Waals surface area (Å²) in [6.07, 6.45) is 0. The fraction of sp³-hybridized carbons (Fsp3) is 0. The monoisotopic (exact) mass is 376 g/mol. The number of nitrogens with zero attached hydrogens (tertiary/aromatic N) is 2. The van der Waals surface area contributed by atoms with Gasteiger partial charge in [-0.1, -0.05) is 35.9 Å². The molecule has 132 valence electrons. The fourth-order valence-corrected chi connectivity index (χ4v) is 2.89. The quantitative estimate of drug-likeness (QED) is 0.311. The standard InChI is InChI=1S/C21H13ClN2O3/c22-15-7-5-14(6-8-15)20-13-21(18-3-1-2-4-19(18)23-20)27-17-11-9-16(10-12-17)24(25)26/h1-13H. The van der Waals surface area contributed by atoms with Gasteiger partial charge < -0.3 is 4.74 Å². The third-order valence-electron chi connectivity index (χ3n) is 4.09. The van der Waals surface area contributed by atoms with Crippen molar-refractivity contribution in [2.45, 2.75) is 0 Å². The maximum atomic E-state index is 10.8. The molecule has 1 heterocycles. The van der Waals surface area contributed by atoms with E-state index in [4.69, 9.17) is 21.3 Å². The highest BCUT2D eigenvalue weighted by atomic mass is 35.5. The van der Waals surface area contributed by atoms with Crippen LogP contribution in [0.2, 0.25) is 5.02 Å². The van der Waals surface area contributed by atoms with Crippen LogP contribution in [-0.4, -0.2) is 9.91 Å². The lowest BCUT2D eigenvalue weighted by Crippen LogP contribution is -1.92. The third kappa shape index (κ3) is 3.59. The molecule has 0 amide bonds. The maximum absolute atomic E-state index is 10.8. The second-order valence-electron chi connectivity index (χ2n) is 5.88. The van der Waals surface area contributed by atoms with E-state index < -0.39 is 4.92 Å². The van der Waals surface area contributed by atoms with Crippen LogP contribution < -0.4 is 4.74 Å². The van der Waals surface area contributed by atoms with Gasteiger partial charge in [-0.05, 0) is 36.4 Å². The van der Waals surface area contributed by atoms with Crippen LogP contribution in [0.15, 0.2) is 78.9 Å². The summed E-state index contributed by atoms with van der Waals surface area (Å²) in [5.74, 6) is 1.14. The van der Waals surface area contributed by atoms with Crippen molar-refractivity contribution in [3.63, 3.8) is 0 Å². The van der Waals surface area contributed by atoms with Crippen molar-refractivity contribution in [1.82, 2.24) is 4.98 Å². The van der Waals surface area contributed by atoms with E-state index in [1.54, 1.807) is 12.1 Å². The molecule has 0 unspecified atom stereocenters. The zero-order valence-electron chi connectivity index (χ0n) is 14.0. The van der Waals surface area contributed by atoms with Crippen LogP contribution in [0.3, 0.4) is 0 Å². The smallest absolute Gasteiger partial charge is 0.269 e. The largest absolute Gasteiger partial charge is 0.457 e. The predicted octanol–water partition coefficient (Wildman–Crippen LogP) is 6.26. The average Bonchev–Trinajstić information content (AvgIpc) is 2.69. The van der Waals surface area contributed by atoms with Crippen LogP contribution in [0, 0.1) is 10.1 Å². The molecule has 0 radical (unpaired) electrons. The minimum absolute atomic E-state index is 0.0174. The molecular weight excluding hydrogens is 364 g/mol. The van der Waals surface area contributed by atoms with Crippen molar-refractivity contribution in [2.24, 2.45) is 0 Å². The van der Waals surface area contributed by atoms with E-state index in [0.29, 0.717) is 16.5 Å². The topological polar surface area (TPSA) is 65.3 Å². The molecule has 5 nitrogen and oxygen atoms in total. The molecule has 0 N–H and O–H groups in total. The van der Waals surface area contributed by atoms with Crippen LogP contribution in [0.5, 0.6) is 11.5 Å². The van der Waals surface area contributed by atoms with Gasteiger partial charge in [0.05, 0.1) is 16.1 Å². The van der Waals surface area contributed by atoms with E-state index >= 15 is 0 Å². The molecule has 0 aliphatic rings. The van der Waals surface area contributed by atoms with Crippen molar-refractivity contribution in [3.8, 4) is 22.8 Å². The van der Waals surface area contributed by atoms with Gasteiger partial charge in [-0.25, -0.2) is 4.98 Å². The number of ether oxygens (including phenoxy) is 1. The number of rotatable bonds is 4. The van der Waals surface area contributed by atoms with E-state index in [9.17, 15) is 10.1 Å². The molecule has 4 aromatic rings. The predicted molar refractivity (Wildman–Crippen MR) is 105 cm³/mol. The number of pyridine rings is 1. The average molecular weight is 377 g/mol. The number of fused-ring (bicyclic) bond motifs is 1. The molecule has 0 bridgehead atoms. The molecule has 3 aromatic carbocycles. The highest BCUT2D eigenvalue weighted by Gasteiger charge is 2.11. The van der Waals surface area contributed by atoms with Gasteiger partial charge in [-0.3, -0.25) is 10.1 Å². The van der Waals surface area contributed by atoms with Gasteiger partial charge in [0.15, 0.2) is 0 Å². The molecule has 0 atom stereocenters. The van der Waals surface area contributed by atoms with Gasteiger partial charge in [-0.2, -0.15) is 0 Å². The first-order chi connectivity index (χ1) is 13.1. The Kier molecular flexibility index (Phi) is 4.44. The summed E-state index contributed by atoms with van der Waals surface area (Å²) >= 11 is 5.97. The number of hydrogen-bond donors (Lipinski definition) is 0. The van der Waals surface area contributed by atoms with Gasteiger partial charge in [0.25, 0.3) is 5.69 Å². The fourth-order valence-electron chi connectivity index (χ4n) is 2.76. The number of aromatic nitrogens is 1. The number of benzene rings is 3. The normalized spacial score (nSPS) is 10.7. The Balaban J connectivity index is 1.78. The Morgan fingerprint density at radius 1 is 0.926 bits per heavy atom. The van der Waals surface area contributed by atoms with Crippen molar-refractivity contribution < 1.29 is 9.66 Å². The number of para-hydroxylation sites is 1. The summed E-state index contributed by atoms with van der Waals surface area (Å²) in [5, 5.41) is 12.3.